The molecule has 4 heterocycles. The van der Waals surface area contributed by atoms with Crippen molar-refractivity contribution in [2.24, 2.45) is 0 Å². The van der Waals surface area contributed by atoms with Crippen molar-refractivity contribution in [3.05, 3.63) is 252 Å². The van der Waals surface area contributed by atoms with Crippen LogP contribution in [0.15, 0.2) is 218 Å². The molecule has 0 spiro atoms. The van der Waals surface area contributed by atoms with Crippen molar-refractivity contribution >= 4 is 129 Å². The minimum Gasteiger partial charge on any atom is -0.310 e. The van der Waals surface area contributed by atoms with Gasteiger partial charge in [0.1, 0.15) is 0 Å². The Balaban J connectivity index is 0.884. The molecular weight excluding hydrogens is 1030 g/mol. The van der Waals surface area contributed by atoms with Crippen molar-refractivity contribution in [3.63, 3.8) is 0 Å². The summed E-state index contributed by atoms with van der Waals surface area (Å²) in [5.41, 5.74) is 19.7. The van der Waals surface area contributed by atoms with Crippen LogP contribution in [-0.4, -0.2) is 0 Å². The zero-order valence-corrected chi connectivity index (χ0v) is 49.3. The van der Waals surface area contributed by atoms with E-state index in [0.717, 1.165) is 11.4 Å². The van der Waals surface area contributed by atoms with E-state index in [4.69, 9.17) is 0 Å². The predicted molar refractivity (Wildman–Crippen MR) is 357 cm³/mol. The third kappa shape index (κ3) is 7.30. The van der Waals surface area contributed by atoms with Gasteiger partial charge in [-0.05, 0) is 185 Å². The van der Waals surface area contributed by atoms with Crippen LogP contribution in [0.4, 0.5) is 34.1 Å². The van der Waals surface area contributed by atoms with Gasteiger partial charge in [0.2, 0.25) is 0 Å². The maximum absolute atomic E-state index is 2.57. The number of benzene rings is 12. The minimum absolute atomic E-state index is 0.277. The molecule has 4 heteroatoms. The number of anilines is 6. The zero-order chi connectivity index (χ0) is 55.5. The summed E-state index contributed by atoms with van der Waals surface area (Å²) < 4.78 is 5.27. The lowest BCUT2D eigenvalue weighted by molar-refractivity contribution is 0.633. The molecule has 0 radical (unpaired) electrons. The first-order valence-corrected chi connectivity index (χ1v) is 30.8. The van der Waals surface area contributed by atoms with Crippen molar-refractivity contribution < 1.29 is 0 Å². The highest BCUT2D eigenvalue weighted by Gasteiger charge is 2.40. The van der Waals surface area contributed by atoms with Crippen LogP contribution in [0.1, 0.15) is 101 Å². The van der Waals surface area contributed by atoms with Gasteiger partial charge in [-0.25, -0.2) is 0 Å². The monoisotopic (exact) mass is 1090 g/mol. The fraction of sp³-hybridized carbons (Fsp3) is 0.154. The molecule has 0 amide bonds. The first-order chi connectivity index (χ1) is 39.8. The molecule has 82 heavy (non-hydrogen) atoms. The molecule has 2 aliphatic heterocycles. The minimum atomic E-state index is -0.277. The van der Waals surface area contributed by atoms with Gasteiger partial charge in [-0.15, -0.1) is 22.7 Å². The summed E-state index contributed by atoms with van der Waals surface area (Å²) in [5.74, 6) is 0.969. The van der Waals surface area contributed by atoms with Crippen molar-refractivity contribution in [1.82, 2.24) is 0 Å². The van der Waals surface area contributed by atoms with Gasteiger partial charge in [-0.1, -0.05) is 189 Å². The number of hydrogen-bond donors (Lipinski definition) is 0. The number of rotatable bonds is 6. The molecule has 0 fully saturated rings. The van der Waals surface area contributed by atoms with Crippen LogP contribution in [0.2, 0.25) is 0 Å². The quantitative estimate of drug-likeness (QED) is 0.153. The van der Waals surface area contributed by atoms with Crippen LogP contribution in [0.5, 0.6) is 0 Å². The maximum Gasteiger partial charge on any atom is 0.0517 e. The number of hydrogen-bond acceptors (Lipinski definition) is 4. The Hall–Kier alpha value is -8.54. The van der Waals surface area contributed by atoms with E-state index in [9.17, 15) is 0 Å². The van der Waals surface area contributed by atoms with E-state index >= 15 is 0 Å². The van der Waals surface area contributed by atoms with Gasteiger partial charge >= 0.3 is 0 Å². The molecule has 0 atom stereocenters. The second-order valence-electron chi connectivity index (χ2n) is 24.9. The van der Waals surface area contributed by atoms with Gasteiger partial charge < -0.3 is 9.80 Å². The van der Waals surface area contributed by atoms with E-state index < -0.39 is 0 Å². The van der Waals surface area contributed by atoms with Gasteiger partial charge in [0.05, 0.1) is 22.7 Å². The lowest BCUT2D eigenvalue weighted by Crippen LogP contribution is -2.30. The number of nitrogens with zero attached hydrogens (tertiary/aromatic N) is 2. The standard InChI is InChI=1S/C78H62N2S2/c1-45(2)47-21-25-49(26-22-47)51-29-35-69-65(37-51)77(5,6)67-41-63-59-17-11-13-19-73(59)81-75(63)43-71(67)79(69)53-31-33-57-58-34-32-54(40-62(58)56-16-10-9-15-55(56)61(57)39-53)80-70-36-30-52(50-27-23-48(24-28-50)46(3)4)38-66(70)78(7,8)68-42-64-60-18-12-14-20-74(60)82-76(64)44-72(68)80/h9-46H,1-8H3. The molecule has 2 aromatic heterocycles. The summed E-state index contributed by atoms with van der Waals surface area (Å²) in [5, 5.41) is 12.8. The van der Waals surface area contributed by atoms with E-state index in [2.05, 4.69) is 284 Å². The average molecular weight is 1090 g/mol. The zero-order valence-electron chi connectivity index (χ0n) is 47.7. The van der Waals surface area contributed by atoms with Crippen molar-refractivity contribution in [3.8, 4) is 22.3 Å². The van der Waals surface area contributed by atoms with Crippen LogP contribution in [0.25, 0.3) is 94.9 Å². The third-order valence-electron chi connectivity index (χ3n) is 18.8. The Kier molecular flexibility index (Phi) is 10.8. The summed E-state index contributed by atoms with van der Waals surface area (Å²) in [6.07, 6.45) is 0. The molecule has 396 valence electrons. The smallest absolute Gasteiger partial charge is 0.0517 e. The van der Waals surface area contributed by atoms with Gasteiger partial charge in [0.25, 0.3) is 0 Å². The van der Waals surface area contributed by atoms with Gasteiger partial charge in [0.15, 0.2) is 0 Å². The molecule has 2 aliphatic rings. The maximum atomic E-state index is 2.57. The highest BCUT2D eigenvalue weighted by molar-refractivity contribution is 7.26. The lowest BCUT2D eigenvalue weighted by Gasteiger charge is -2.42. The largest absolute Gasteiger partial charge is 0.310 e. The summed E-state index contributed by atoms with van der Waals surface area (Å²) in [6, 6.07) is 84.3. The molecule has 0 N–H and O–H groups in total. The van der Waals surface area contributed by atoms with E-state index in [-0.39, 0.29) is 10.8 Å². The third-order valence-corrected chi connectivity index (χ3v) is 21.0. The molecule has 14 aromatic rings. The Morgan fingerprint density at radius 1 is 0.280 bits per heavy atom. The van der Waals surface area contributed by atoms with E-state index in [0.29, 0.717) is 11.8 Å². The van der Waals surface area contributed by atoms with E-state index in [1.54, 1.807) is 0 Å². The molecule has 0 saturated carbocycles. The Morgan fingerprint density at radius 2 is 0.634 bits per heavy atom. The lowest BCUT2D eigenvalue weighted by atomic mass is 9.72. The number of fused-ring (bicyclic) bond motifs is 16. The molecular formula is C78H62N2S2. The summed E-state index contributed by atoms with van der Waals surface area (Å²) in [6.45, 7) is 18.8. The summed E-state index contributed by atoms with van der Waals surface area (Å²) in [7, 11) is 0. The Bertz CT molecular complexity index is 4650. The Morgan fingerprint density at radius 3 is 1.04 bits per heavy atom. The second kappa shape index (κ2) is 18.0. The van der Waals surface area contributed by atoms with E-state index in [1.807, 2.05) is 22.7 Å². The fourth-order valence-corrected chi connectivity index (χ4v) is 16.4. The molecule has 0 aliphatic carbocycles. The van der Waals surface area contributed by atoms with Crippen LogP contribution in [0.3, 0.4) is 0 Å². The number of thiophene rings is 2. The van der Waals surface area contributed by atoms with Crippen LogP contribution in [-0.2, 0) is 10.8 Å². The van der Waals surface area contributed by atoms with Gasteiger partial charge in [-0.2, -0.15) is 0 Å². The first-order valence-electron chi connectivity index (χ1n) is 29.2. The fourth-order valence-electron chi connectivity index (χ4n) is 14.2. The molecule has 0 bridgehead atoms. The molecule has 12 aromatic carbocycles. The predicted octanol–water partition coefficient (Wildman–Crippen LogP) is 23.7. The first kappa shape index (κ1) is 49.3. The normalized spacial score (nSPS) is 14.5. The summed E-state index contributed by atoms with van der Waals surface area (Å²) in [4.78, 5) is 5.14. The molecule has 16 rings (SSSR count). The van der Waals surface area contributed by atoms with Crippen molar-refractivity contribution in [1.29, 1.82) is 0 Å². The van der Waals surface area contributed by atoms with Crippen molar-refractivity contribution in [2.45, 2.75) is 78.1 Å². The van der Waals surface area contributed by atoms with Gasteiger partial charge in [0, 0.05) is 62.5 Å². The highest BCUT2D eigenvalue weighted by Crippen LogP contribution is 2.58. The molecule has 0 unspecified atom stereocenters. The van der Waals surface area contributed by atoms with Crippen LogP contribution in [0, 0.1) is 0 Å². The topological polar surface area (TPSA) is 6.48 Å². The SMILES string of the molecule is CC(C)c1ccc(-c2ccc3c(c2)C(C)(C)c2cc4c(cc2N3c2ccc3c5ccc(N6c7ccc(-c8ccc(C(C)C)cc8)cc7C(C)(C)c7cc8c(cc76)sc6ccccc68)cc5c5ccccc5c3c2)sc2ccccc24)cc1. The van der Waals surface area contributed by atoms with Crippen molar-refractivity contribution in [2.75, 3.05) is 9.80 Å². The Labute approximate surface area is 488 Å². The van der Waals surface area contributed by atoms with E-state index in [1.165, 1.54) is 151 Å². The molecule has 2 nitrogen and oxygen atoms in total. The molecule has 0 saturated heterocycles. The second-order valence-corrected chi connectivity index (χ2v) is 27.0. The van der Waals surface area contributed by atoms with Crippen LogP contribution >= 0.6 is 22.7 Å². The highest BCUT2D eigenvalue weighted by atomic mass is 32.1. The average Bonchev–Trinajstić information content (AvgIpc) is 1.55. The van der Waals surface area contributed by atoms with Gasteiger partial charge in [-0.3, -0.25) is 0 Å². The summed E-state index contributed by atoms with van der Waals surface area (Å²) >= 11 is 3.79. The van der Waals surface area contributed by atoms with Crippen LogP contribution < -0.4 is 9.80 Å².